The number of rotatable bonds is 5. The smallest absolute Gasteiger partial charge is 0.122 e. The molecule has 0 aliphatic carbocycles. The molecule has 0 unspecified atom stereocenters. The first-order valence-electron chi connectivity index (χ1n) is 5.70. The number of phenolic OH excluding ortho intramolecular Hbond substituents is 2. The zero-order valence-corrected chi connectivity index (χ0v) is 9.53. The summed E-state index contributed by atoms with van der Waals surface area (Å²) in [6.45, 7) is 4.31. The lowest BCUT2D eigenvalue weighted by molar-refractivity contribution is 0.435. The number of hydrogen-bond donors (Lipinski definition) is 2. The van der Waals surface area contributed by atoms with Crippen LogP contribution in [0, 0.1) is 0 Å². The van der Waals surface area contributed by atoms with Gasteiger partial charge in [-0.1, -0.05) is 32.8 Å². The van der Waals surface area contributed by atoms with Crippen molar-refractivity contribution in [2.75, 3.05) is 0 Å². The van der Waals surface area contributed by atoms with E-state index in [1.54, 1.807) is 6.07 Å². The molecule has 0 radical (unpaired) electrons. The highest BCUT2D eigenvalue weighted by atomic mass is 16.3. The summed E-state index contributed by atoms with van der Waals surface area (Å²) < 4.78 is 0. The molecule has 0 aliphatic heterocycles. The second-order valence-corrected chi connectivity index (χ2v) is 4.02. The minimum atomic E-state index is 0.128. The van der Waals surface area contributed by atoms with E-state index in [1.807, 2.05) is 6.07 Å². The first kappa shape index (κ1) is 11.9. The van der Waals surface area contributed by atoms with Gasteiger partial charge < -0.3 is 10.2 Å². The Hall–Kier alpha value is -1.18. The Morgan fingerprint density at radius 1 is 1.07 bits per heavy atom. The van der Waals surface area contributed by atoms with Crippen molar-refractivity contribution in [2.45, 2.75) is 45.4 Å². The monoisotopic (exact) mass is 208 g/mol. The van der Waals surface area contributed by atoms with Gasteiger partial charge in [0.05, 0.1) is 0 Å². The van der Waals surface area contributed by atoms with Gasteiger partial charge in [0.15, 0.2) is 0 Å². The zero-order valence-electron chi connectivity index (χ0n) is 9.53. The molecule has 84 valence electrons. The summed E-state index contributed by atoms with van der Waals surface area (Å²) >= 11 is 0. The molecule has 0 aliphatic rings. The predicted octanol–water partition coefficient (Wildman–Crippen LogP) is 3.78. The van der Waals surface area contributed by atoms with E-state index in [9.17, 15) is 10.2 Å². The molecule has 0 saturated carbocycles. The summed E-state index contributed by atoms with van der Waals surface area (Å²) in [4.78, 5) is 0. The molecule has 1 aromatic rings. The molecule has 0 atom stereocenters. The van der Waals surface area contributed by atoms with Crippen LogP contribution in [0.5, 0.6) is 11.5 Å². The minimum absolute atomic E-state index is 0.128. The highest BCUT2D eigenvalue weighted by molar-refractivity contribution is 5.41. The Balaban J connectivity index is 2.89. The Kier molecular flexibility index (Phi) is 4.47. The predicted molar refractivity (Wildman–Crippen MR) is 62.3 cm³/mol. The SMILES string of the molecule is CCCC(CCC)c1ccc(O)cc1O. The largest absolute Gasteiger partial charge is 0.508 e. The van der Waals surface area contributed by atoms with E-state index in [4.69, 9.17) is 0 Å². The highest BCUT2D eigenvalue weighted by Gasteiger charge is 2.13. The van der Waals surface area contributed by atoms with Crippen molar-refractivity contribution < 1.29 is 10.2 Å². The van der Waals surface area contributed by atoms with E-state index in [0.29, 0.717) is 5.92 Å². The molecule has 2 nitrogen and oxygen atoms in total. The number of hydrogen-bond acceptors (Lipinski definition) is 2. The van der Waals surface area contributed by atoms with Crippen LogP contribution < -0.4 is 0 Å². The molecule has 0 aromatic heterocycles. The second-order valence-electron chi connectivity index (χ2n) is 4.02. The van der Waals surface area contributed by atoms with Gasteiger partial charge in [-0.2, -0.15) is 0 Å². The molecule has 0 saturated heterocycles. The Morgan fingerprint density at radius 3 is 2.13 bits per heavy atom. The van der Waals surface area contributed by atoms with Crippen LogP contribution in [0.2, 0.25) is 0 Å². The summed E-state index contributed by atoms with van der Waals surface area (Å²) in [5.74, 6) is 0.769. The molecule has 0 heterocycles. The lowest BCUT2D eigenvalue weighted by Gasteiger charge is -2.17. The van der Waals surface area contributed by atoms with Crippen LogP contribution in [0.25, 0.3) is 0 Å². The van der Waals surface area contributed by atoms with E-state index in [2.05, 4.69) is 13.8 Å². The summed E-state index contributed by atoms with van der Waals surface area (Å²) in [5.41, 5.74) is 0.969. The van der Waals surface area contributed by atoms with E-state index >= 15 is 0 Å². The van der Waals surface area contributed by atoms with E-state index in [0.717, 1.165) is 31.2 Å². The quantitative estimate of drug-likeness (QED) is 0.773. The van der Waals surface area contributed by atoms with Crippen molar-refractivity contribution in [1.82, 2.24) is 0 Å². The maximum Gasteiger partial charge on any atom is 0.122 e. The topological polar surface area (TPSA) is 40.5 Å². The molecule has 1 rings (SSSR count). The lowest BCUT2D eigenvalue weighted by atomic mass is 9.90. The van der Waals surface area contributed by atoms with Crippen LogP contribution in [0.1, 0.15) is 51.0 Å². The number of benzene rings is 1. The van der Waals surface area contributed by atoms with Gasteiger partial charge in [-0.05, 0) is 30.4 Å². The maximum absolute atomic E-state index is 9.76. The van der Waals surface area contributed by atoms with Crippen LogP contribution >= 0.6 is 0 Å². The molecule has 2 heteroatoms. The van der Waals surface area contributed by atoms with Gasteiger partial charge in [-0.3, -0.25) is 0 Å². The number of aromatic hydroxyl groups is 2. The molecule has 0 bridgehead atoms. The third kappa shape index (κ3) is 3.15. The standard InChI is InChI=1S/C13H20O2/c1-3-5-10(6-4-2)12-8-7-11(14)9-13(12)15/h7-10,14-15H,3-6H2,1-2H3. The normalized spacial score (nSPS) is 10.9. The molecule has 0 spiro atoms. The maximum atomic E-state index is 9.76. The van der Waals surface area contributed by atoms with Crippen molar-refractivity contribution in [2.24, 2.45) is 0 Å². The van der Waals surface area contributed by atoms with Gasteiger partial charge in [-0.25, -0.2) is 0 Å². The fraction of sp³-hybridized carbons (Fsp3) is 0.538. The van der Waals surface area contributed by atoms with Crippen molar-refractivity contribution in [3.05, 3.63) is 23.8 Å². The van der Waals surface area contributed by atoms with Crippen molar-refractivity contribution in [1.29, 1.82) is 0 Å². The summed E-state index contributed by atoms with van der Waals surface area (Å²) in [6.07, 6.45) is 4.41. The van der Waals surface area contributed by atoms with Gasteiger partial charge in [0.25, 0.3) is 0 Å². The van der Waals surface area contributed by atoms with Crippen LogP contribution in [0.3, 0.4) is 0 Å². The van der Waals surface area contributed by atoms with E-state index in [-0.39, 0.29) is 11.5 Å². The van der Waals surface area contributed by atoms with Crippen LogP contribution in [-0.4, -0.2) is 10.2 Å². The van der Waals surface area contributed by atoms with Crippen molar-refractivity contribution in [3.63, 3.8) is 0 Å². The zero-order chi connectivity index (χ0) is 11.3. The molecular weight excluding hydrogens is 188 g/mol. The van der Waals surface area contributed by atoms with Crippen molar-refractivity contribution in [3.8, 4) is 11.5 Å². The second kappa shape index (κ2) is 5.64. The van der Waals surface area contributed by atoms with Gasteiger partial charge in [0.1, 0.15) is 11.5 Å². The Bertz CT molecular complexity index is 301. The van der Waals surface area contributed by atoms with Crippen molar-refractivity contribution >= 4 is 0 Å². The van der Waals surface area contributed by atoms with Crippen LogP contribution in [0.15, 0.2) is 18.2 Å². The molecule has 1 aromatic carbocycles. The van der Waals surface area contributed by atoms with Crippen LogP contribution in [0.4, 0.5) is 0 Å². The van der Waals surface area contributed by atoms with Crippen LogP contribution in [-0.2, 0) is 0 Å². The minimum Gasteiger partial charge on any atom is -0.508 e. The van der Waals surface area contributed by atoms with Gasteiger partial charge in [0, 0.05) is 6.07 Å². The molecule has 15 heavy (non-hydrogen) atoms. The third-order valence-electron chi connectivity index (χ3n) is 2.73. The fourth-order valence-corrected chi connectivity index (χ4v) is 2.03. The molecule has 2 N–H and O–H groups in total. The fourth-order valence-electron chi connectivity index (χ4n) is 2.03. The average molecular weight is 208 g/mol. The molecular formula is C13H20O2. The number of phenols is 2. The Labute approximate surface area is 91.6 Å². The van der Waals surface area contributed by atoms with Gasteiger partial charge in [0.2, 0.25) is 0 Å². The Morgan fingerprint density at radius 2 is 1.67 bits per heavy atom. The van der Waals surface area contributed by atoms with E-state index < -0.39 is 0 Å². The summed E-state index contributed by atoms with van der Waals surface area (Å²) in [6, 6.07) is 4.90. The lowest BCUT2D eigenvalue weighted by Crippen LogP contribution is -1.98. The molecule has 0 fully saturated rings. The first-order valence-corrected chi connectivity index (χ1v) is 5.70. The average Bonchev–Trinajstić information content (AvgIpc) is 2.17. The highest BCUT2D eigenvalue weighted by Crippen LogP contribution is 2.34. The molecule has 0 amide bonds. The summed E-state index contributed by atoms with van der Waals surface area (Å²) in [5, 5.41) is 19.0. The van der Waals surface area contributed by atoms with E-state index in [1.165, 1.54) is 6.07 Å². The van der Waals surface area contributed by atoms with Gasteiger partial charge >= 0.3 is 0 Å². The first-order chi connectivity index (χ1) is 7.19. The van der Waals surface area contributed by atoms with Gasteiger partial charge in [-0.15, -0.1) is 0 Å². The summed E-state index contributed by atoms with van der Waals surface area (Å²) in [7, 11) is 0. The third-order valence-corrected chi connectivity index (χ3v) is 2.73.